The summed E-state index contributed by atoms with van der Waals surface area (Å²) >= 11 is 0. The molecular weight excluding hydrogens is 408 g/mol. The number of nitrogens with one attached hydrogen (secondary N) is 2. The Morgan fingerprint density at radius 3 is 2.12 bits per heavy atom. The first kappa shape index (κ1) is 27.7. The van der Waals surface area contributed by atoms with Crippen LogP contribution in [-0.4, -0.2) is 41.6 Å². The van der Waals surface area contributed by atoms with Crippen LogP contribution in [0.15, 0.2) is 23.4 Å². The molecule has 32 heavy (non-hydrogen) atoms. The lowest BCUT2D eigenvalue weighted by Crippen LogP contribution is -2.66. The van der Waals surface area contributed by atoms with Crippen LogP contribution >= 0.6 is 0 Å². The number of Topliss-reactive ketones (excluding diaryl/α,β-unsaturated/α-hetero) is 1. The third kappa shape index (κ3) is 5.93. The van der Waals surface area contributed by atoms with E-state index >= 15 is 0 Å². The van der Waals surface area contributed by atoms with Crippen LogP contribution in [0.5, 0.6) is 0 Å². The predicted octanol–water partition coefficient (Wildman–Crippen LogP) is 4.67. The fourth-order valence-electron chi connectivity index (χ4n) is 4.08. The molecule has 0 fully saturated rings. The van der Waals surface area contributed by atoms with Gasteiger partial charge in [0, 0.05) is 11.6 Å². The van der Waals surface area contributed by atoms with Crippen molar-refractivity contribution in [2.45, 2.75) is 98.8 Å². The highest BCUT2D eigenvalue weighted by molar-refractivity contribution is 6.12. The Morgan fingerprint density at radius 1 is 1.16 bits per heavy atom. The largest absolute Gasteiger partial charge is 0.467 e. The molecule has 1 aliphatic rings. The summed E-state index contributed by atoms with van der Waals surface area (Å²) < 4.78 is 10.6. The number of hydrogen-bond donors (Lipinski definition) is 2. The summed E-state index contributed by atoms with van der Waals surface area (Å²) in [5.74, 6) is -0.717. The van der Waals surface area contributed by atoms with E-state index in [1.165, 1.54) is 7.11 Å². The molecule has 182 valence electrons. The molecule has 1 heterocycles. The smallest absolute Gasteiger partial charge is 0.408 e. The number of alkyl carbamates (subject to hydrolysis) is 1. The van der Waals surface area contributed by atoms with Crippen molar-refractivity contribution in [3.05, 3.63) is 23.4 Å². The Hall–Kier alpha value is -2.31. The quantitative estimate of drug-likeness (QED) is 0.433. The Balaban J connectivity index is 3.63. The van der Waals surface area contributed by atoms with E-state index in [4.69, 9.17) is 9.47 Å². The fourth-order valence-corrected chi connectivity index (χ4v) is 4.08. The monoisotopic (exact) mass is 450 g/mol. The minimum Gasteiger partial charge on any atom is -0.467 e. The van der Waals surface area contributed by atoms with Crippen molar-refractivity contribution < 1.29 is 23.9 Å². The number of methoxy groups -OCH3 is 1. The highest BCUT2D eigenvalue weighted by atomic mass is 16.6. The molecule has 0 aromatic rings. The first-order chi connectivity index (χ1) is 14.4. The summed E-state index contributed by atoms with van der Waals surface area (Å²) in [6, 6.07) is 0. The molecule has 7 nitrogen and oxygen atoms in total. The Morgan fingerprint density at radius 2 is 1.72 bits per heavy atom. The van der Waals surface area contributed by atoms with Gasteiger partial charge in [0.1, 0.15) is 11.1 Å². The maximum Gasteiger partial charge on any atom is 0.408 e. The van der Waals surface area contributed by atoms with E-state index in [2.05, 4.69) is 10.6 Å². The third-order valence-corrected chi connectivity index (χ3v) is 5.50. The van der Waals surface area contributed by atoms with Gasteiger partial charge in [-0.2, -0.15) is 0 Å². The average molecular weight is 451 g/mol. The van der Waals surface area contributed by atoms with Gasteiger partial charge in [-0.3, -0.25) is 4.79 Å². The second kappa shape index (κ2) is 9.67. The van der Waals surface area contributed by atoms with Crippen molar-refractivity contribution in [1.29, 1.82) is 0 Å². The fraction of sp³-hybridized carbons (Fsp3) is 0.720. The topological polar surface area (TPSA) is 93.7 Å². The molecule has 1 unspecified atom stereocenters. The van der Waals surface area contributed by atoms with Gasteiger partial charge in [-0.25, -0.2) is 9.59 Å². The Labute approximate surface area is 193 Å². The van der Waals surface area contributed by atoms with Crippen LogP contribution < -0.4 is 10.6 Å². The number of ether oxygens (including phenoxy) is 2. The number of carbonyl (C=O) groups excluding carboxylic acids is 3. The number of amides is 1. The molecule has 0 saturated heterocycles. The lowest BCUT2D eigenvalue weighted by atomic mass is 9.66. The lowest BCUT2D eigenvalue weighted by molar-refractivity contribution is -0.152. The Kier molecular flexibility index (Phi) is 8.38. The normalized spacial score (nSPS) is 20.8. The average Bonchev–Trinajstić information content (AvgIpc) is 2.91. The SMILES string of the molecule is COC(=O)C(NC(=O)OC(C)(C)C)(C1=CN[C@](CC=C(C)C)(CC(C)C)C1=O)C(C)(C)C. The zero-order valence-electron chi connectivity index (χ0n) is 21.7. The lowest BCUT2D eigenvalue weighted by Gasteiger charge is -2.43. The van der Waals surface area contributed by atoms with E-state index < -0.39 is 34.2 Å². The number of allylic oxidation sites excluding steroid dienone is 1. The van der Waals surface area contributed by atoms with Crippen LogP contribution in [0, 0.1) is 11.3 Å². The van der Waals surface area contributed by atoms with E-state index in [9.17, 15) is 14.4 Å². The van der Waals surface area contributed by atoms with Crippen LogP contribution in [0.1, 0.15) is 82.1 Å². The molecule has 0 aromatic heterocycles. The number of rotatable bonds is 7. The third-order valence-electron chi connectivity index (χ3n) is 5.50. The number of hydrogen-bond acceptors (Lipinski definition) is 6. The van der Waals surface area contributed by atoms with Crippen molar-refractivity contribution in [2.24, 2.45) is 11.3 Å². The van der Waals surface area contributed by atoms with Crippen molar-refractivity contribution >= 4 is 17.8 Å². The van der Waals surface area contributed by atoms with Gasteiger partial charge < -0.3 is 20.1 Å². The predicted molar refractivity (Wildman–Crippen MR) is 126 cm³/mol. The second-order valence-electron chi connectivity index (χ2n) is 11.3. The molecule has 0 saturated carbocycles. The minimum absolute atomic E-state index is 0.172. The second-order valence-corrected chi connectivity index (χ2v) is 11.3. The van der Waals surface area contributed by atoms with E-state index in [1.807, 2.05) is 33.8 Å². The molecule has 1 rings (SSSR count). The van der Waals surface area contributed by atoms with Gasteiger partial charge in [0.05, 0.1) is 12.7 Å². The summed E-state index contributed by atoms with van der Waals surface area (Å²) in [7, 11) is 1.25. The Bertz CT molecular complexity index is 794. The summed E-state index contributed by atoms with van der Waals surface area (Å²) in [6.07, 6.45) is 3.84. The summed E-state index contributed by atoms with van der Waals surface area (Å²) in [4.78, 5) is 40.1. The molecule has 2 atom stereocenters. The van der Waals surface area contributed by atoms with Gasteiger partial charge in [-0.15, -0.1) is 0 Å². The van der Waals surface area contributed by atoms with Crippen molar-refractivity contribution in [3.63, 3.8) is 0 Å². The first-order valence-corrected chi connectivity index (χ1v) is 11.2. The highest BCUT2D eigenvalue weighted by Crippen LogP contribution is 2.43. The first-order valence-electron chi connectivity index (χ1n) is 11.2. The maximum absolute atomic E-state index is 14.0. The zero-order chi connectivity index (χ0) is 25.1. The number of esters is 1. The molecule has 2 N–H and O–H groups in total. The number of carbonyl (C=O) groups is 3. The molecule has 0 radical (unpaired) electrons. The van der Waals surface area contributed by atoms with Gasteiger partial charge in [-0.1, -0.05) is 46.3 Å². The zero-order valence-corrected chi connectivity index (χ0v) is 21.7. The highest BCUT2D eigenvalue weighted by Gasteiger charge is 2.60. The summed E-state index contributed by atoms with van der Waals surface area (Å²) in [5, 5.41) is 6.00. The van der Waals surface area contributed by atoms with Gasteiger partial charge in [0.15, 0.2) is 11.3 Å². The van der Waals surface area contributed by atoms with Crippen LogP contribution in [0.4, 0.5) is 4.79 Å². The van der Waals surface area contributed by atoms with Gasteiger partial charge in [0.2, 0.25) is 0 Å². The molecule has 0 spiro atoms. The van der Waals surface area contributed by atoms with Gasteiger partial charge in [0.25, 0.3) is 0 Å². The van der Waals surface area contributed by atoms with Crippen molar-refractivity contribution in [2.75, 3.05) is 7.11 Å². The molecular formula is C25H42N2O5. The van der Waals surface area contributed by atoms with Crippen molar-refractivity contribution in [1.82, 2.24) is 10.6 Å². The maximum atomic E-state index is 14.0. The standard InChI is InChI=1S/C25H42N2O5/c1-16(2)12-13-24(14-17(3)4)19(28)18(15-26-24)25(20(29)31-11,22(5,6)7)27-21(30)32-23(8,9)10/h12,15,17,26H,13-14H2,1-11H3,(H,27,30)/t24-,25?/m1/s1. The number of ketones is 1. The molecule has 1 aliphatic heterocycles. The van der Waals surface area contributed by atoms with E-state index in [0.29, 0.717) is 12.8 Å². The molecule has 1 amide bonds. The van der Waals surface area contributed by atoms with E-state index in [0.717, 1.165) is 5.57 Å². The van der Waals surface area contributed by atoms with Gasteiger partial charge in [-0.05, 0) is 53.4 Å². The van der Waals surface area contributed by atoms with Gasteiger partial charge >= 0.3 is 12.1 Å². The van der Waals surface area contributed by atoms with E-state index in [1.54, 1.807) is 47.7 Å². The van der Waals surface area contributed by atoms with E-state index in [-0.39, 0.29) is 17.3 Å². The van der Waals surface area contributed by atoms with Crippen LogP contribution in [0.25, 0.3) is 0 Å². The van der Waals surface area contributed by atoms with Crippen LogP contribution in [0.2, 0.25) is 0 Å². The molecule has 0 aliphatic carbocycles. The van der Waals surface area contributed by atoms with Crippen LogP contribution in [-0.2, 0) is 19.1 Å². The summed E-state index contributed by atoms with van der Waals surface area (Å²) in [5.41, 5.74) is -3.05. The molecule has 7 heteroatoms. The summed E-state index contributed by atoms with van der Waals surface area (Å²) in [6.45, 7) is 18.6. The molecule has 0 bridgehead atoms. The van der Waals surface area contributed by atoms with Crippen LogP contribution in [0.3, 0.4) is 0 Å². The van der Waals surface area contributed by atoms with Crippen molar-refractivity contribution in [3.8, 4) is 0 Å². The molecule has 0 aromatic carbocycles. The minimum atomic E-state index is -1.74.